The molecule has 0 radical (unpaired) electrons. The molecule has 2 atom stereocenters. The van der Waals surface area contributed by atoms with Gasteiger partial charge in [0.1, 0.15) is 0 Å². The zero-order chi connectivity index (χ0) is 9.42. The number of fused-ring (bicyclic) bond motifs is 2. The monoisotopic (exact) mass is 183 g/mol. The van der Waals surface area contributed by atoms with E-state index in [2.05, 4.69) is 0 Å². The first-order valence-corrected chi connectivity index (χ1v) is 5.16. The Morgan fingerprint density at radius 3 is 2.23 bits per heavy atom. The van der Waals surface area contributed by atoms with Crippen molar-refractivity contribution in [1.82, 2.24) is 0 Å². The lowest BCUT2D eigenvalue weighted by Crippen LogP contribution is -2.43. The van der Waals surface area contributed by atoms with Crippen molar-refractivity contribution in [3.63, 3.8) is 0 Å². The van der Waals surface area contributed by atoms with E-state index in [0.717, 1.165) is 25.7 Å². The summed E-state index contributed by atoms with van der Waals surface area (Å²) in [5.41, 5.74) is 5.30. The molecule has 1 amide bonds. The van der Waals surface area contributed by atoms with Gasteiger partial charge < -0.3 is 10.8 Å². The molecule has 0 aliphatic heterocycles. The summed E-state index contributed by atoms with van der Waals surface area (Å²) in [7, 11) is 0. The average Bonchev–Trinajstić information content (AvgIpc) is 2.02. The first-order valence-electron chi connectivity index (χ1n) is 5.16. The molecule has 2 fully saturated rings. The van der Waals surface area contributed by atoms with Gasteiger partial charge in [0, 0.05) is 5.92 Å². The molecule has 2 unspecified atom stereocenters. The van der Waals surface area contributed by atoms with Crippen molar-refractivity contribution >= 4 is 5.91 Å². The van der Waals surface area contributed by atoms with Crippen molar-refractivity contribution < 1.29 is 9.90 Å². The molecule has 3 N–H and O–H groups in total. The van der Waals surface area contributed by atoms with Crippen molar-refractivity contribution in [3.05, 3.63) is 0 Å². The number of aliphatic hydroxyl groups is 1. The third kappa shape index (κ3) is 1.57. The quantitative estimate of drug-likeness (QED) is 0.627. The first-order chi connectivity index (χ1) is 6.18. The molecule has 0 saturated heterocycles. The Morgan fingerprint density at radius 2 is 1.77 bits per heavy atom. The van der Waals surface area contributed by atoms with Gasteiger partial charge in [-0.2, -0.15) is 0 Å². The summed E-state index contributed by atoms with van der Waals surface area (Å²) in [5.74, 6) is 0.525. The third-order valence-corrected chi connectivity index (χ3v) is 3.69. The fourth-order valence-corrected chi connectivity index (χ4v) is 2.94. The Bertz CT molecular complexity index is 203. The van der Waals surface area contributed by atoms with Gasteiger partial charge in [-0.05, 0) is 37.5 Å². The van der Waals surface area contributed by atoms with Gasteiger partial charge in [-0.1, -0.05) is 6.42 Å². The molecule has 2 bridgehead atoms. The van der Waals surface area contributed by atoms with Crippen LogP contribution in [0.15, 0.2) is 0 Å². The van der Waals surface area contributed by atoms with Crippen LogP contribution >= 0.6 is 0 Å². The van der Waals surface area contributed by atoms with E-state index in [9.17, 15) is 9.90 Å². The van der Waals surface area contributed by atoms with E-state index in [1.165, 1.54) is 6.42 Å². The van der Waals surface area contributed by atoms with Crippen LogP contribution in [-0.4, -0.2) is 17.1 Å². The molecule has 2 aliphatic carbocycles. The summed E-state index contributed by atoms with van der Waals surface area (Å²) >= 11 is 0. The molecular formula is C10H17NO2. The van der Waals surface area contributed by atoms with Gasteiger partial charge >= 0.3 is 0 Å². The number of hydrogen-bond acceptors (Lipinski definition) is 2. The molecule has 13 heavy (non-hydrogen) atoms. The van der Waals surface area contributed by atoms with Gasteiger partial charge in [0.05, 0.1) is 6.10 Å². The smallest absolute Gasteiger partial charge is 0.220 e. The number of rotatable bonds is 1. The summed E-state index contributed by atoms with van der Waals surface area (Å²) in [6.07, 6.45) is 4.81. The summed E-state index contributed by atoms with van der Waals surface area (Å²) in [6.45, 7) is 0. The maximum Gasteiger partial charge on any atom is 0.220 e. The van der Waals surface area contributed by atoms with Gasteiger partial charge in [-0.3, -0.25) is 4.79 Å². The summed E-state index contributed by atoms with van der Waals surface area (Å²) in [5, 5.41) is 9.84. The second-order valence-corrected chi connectivity index (χ2v) is 4.51. The number of carbonyl (C=O) groups is 1. The topological polar surface area (TPSA) is 63.3 Å². The SMILES string of the molecule is NC(=O)C1CC2CCCC(C1)C2O. The molecule has 2 saturated carbocycles. The molecule has 0 spiro atoms. The maximum atomic E-state index is 11.0. The van der Waals surface area contributed by atoms with Crippen molar-refractivity contribution in [1.29, 1.82) is 0 Å². The summed E-state index contributed by atoms with van der Waals surface area (Å²) in [4.78, 5) is 11.0. The minimum Gasteiger partial charge on any atom is -0.393 e. The third-order valence-electron chi connectivity index (χ3n) is 3.69. The molecule has 3 nitrogen and oxygen atoms in total. The molecule has 0 heterocycles. The van der Waals surface area contributed by atoms with Gasteiger partial charge in [0.25, 0.3) is 0 Å². The predicted octanol–water partition coefficient (Wildman–Crippen LogP) is 0.659. The van der Waals surface area contributed by atoms with Crippen LogP contribution in [-0.2, 0) is 4.79 Å². The highest BCUT2D eigenvalue weighted by Crippen LogP contribution is 2.42. The average molecular weight is 183 g/mol. The zero-order valence-corrected chi connectivity index (χ0v) is 7.78. The van der Waals surface area contributed by atoms with Crippen molar-refractivity contribution in [3.8, 4) is 0 Å². The standard InChI is InChI=1S/C10H17NO2/c11-10(13)8-4-6-2-1-3-7(5-8)9(6)12/h6-9,12H,1-5H2,(H2,11,13). The Hall–Kier alpha value is -0.570. The van der Waals surface area contributed by atoms with Gasteiger partial charge in [-0.25, -0.2) is 0 Å². The number of amides is 1. The Kier molecular flexibility index (Phi) is 2.28. The Morgan fingerprint density at radius 1 is 1.23 bits per heavy atom. The molecule has 0 aromatic carbocycles. The van der Waals surface area contributed by atoms with Crippen molar-refractivity contribution in [2.75, 3.05) is 0 Å². The fourth-order valence-electron chi connectivity index (χ4n) is 2.94. The van der Waals surface area contributed by atoms with Crippen molar-refractivity contribution in [2.24, 2.45) is 23.5 Å². The number of hydrogen-bond donors (Lipinski definition) is 2. The van der Waals surface area contributed by atoms with Gasteiger partial charge in [0.2, 0.25) is 5.91 Å². The van der Waals surface area contributed by atoms with E-state index >= 15 is 0 Å². The minimum absolute atomic E-state index is 0.0266. The zero-order valence-electron chi connectivity index (χ0n) is 7.78. The highest BCUT2D eigenvalue weighted by atomic mass is 16.3. The lowest BCUT2D eigenvalue weighted by molar-refractivity contribution is -0.127. The lowest BCUT2D eigenvalue weighted by atomic mass is 9.66. The maximum absolute atomic E-state index is 11.0. The van der Waals surface area contributed by atoms with E-state index in [1.54, 1.807) is 0 Å². The van der Waals surface area contributed by atoms with E-state index < -0.39 is 0 Å². The number of carbonyl (C=O) groups excluding carboxylic acids is 1. The largest absolute Gasteiger partial charge is 0.393 e. The normalized spacial score (nSPS) is 44.4. The van der Waals surface area contributed by atoms with E-state index in [4.69, 9.17) is 5.73 Å². The van der Waals surface area contributed by atoms with Crippen LogP contribution in [0.25, 0.3) is 0 Å². The van der Waals surface area contributed by atoms with Crippen LogP contribution in [0.1, 0.15) is 32.1 Å². The van der Waals surface area contributed by atoms with Crippen LogP contribution in [0.2, 0.25) is 0 Å². The van der Waals surface area contributed by atoms with Gasteiger partial charge in [-0.15, -0.1) is 0 Å². The molecule has 2 aliphatic rings. The highest BCUT2D eigenvalue weighted by Gasteiger charge is 2.40. The lowest BCUT2D eigenvalue weighted by Gasteiger charge is -2.42. The van der Waals surface area contributed by atoms with Crippen molar-refractivity contribution in [2.45, 2.75) is 38.2 Å². The number of primary amides is 1. The summed E-state index contributed by atoms with van der Waals surface area (Å²) < 4.78 is 0. The second-order valence-electron chi connectivity index (χ2n) is 4.51. The van der Waals surface area contributed by atoms with E-state index in [-0.39, 0.29) is 17.9 Å². The second kappa shape index (κ2) is 3.29. The number of aliphatic hydroxyl groups excluding tert-OH is 1. The molecule has 3 heteroatoms. The van der Waals surface area contributed by atoms with Crippen LogP contribution in [0.5, 0.6) is 0 Å². The van der Waals surface area contributed by atoms with Crippen LogP contribution in [0.4, 0.5) is 0 Å². The Labute approximate surface area is 78.3 Å². The number of nitrogens with two attached hydrogens (primary N) is 1. The van der Waals surface area contributed by atoms with Crippen LogP contribution < -0.4 is 5.73 Å². The van der Waals surface area contributed by atoms with Gasteiger partial charge in [0.15, 0.2) is 0 Å². The minimum atomic E-state index is -0.177. The molecule has 0 aromatic rings. The predicted molar refractivity (Wildman–Crippen MR) is 48.8 cm³/mol. The summed E-state index contributed by atoms with van der Waals surface area (Å²) in [6, 6.07) is 0. The molecule has 2 rings (SSSR count). The molecule has 74 valence electrons. The van der Waals surface area contributed by atoms with E-state index in [0.29, 0.717) is 11.8 Å². The Balaban J connectivity index is 2.07. The highest BCUT2D eigenvalue weighted by molar-refractivity contribution is 5.76. The van der Waals surface area contributed by atoms with Crippen LogP contribution in [0, 0.1) is 17.8 Å². The van der Waals surface area contributed by atoms with E-state index in [1.807, 2.05) is 0 Å². The molecule has 0 aromatic heterocycles. The van der Waals surface area contributed by atoms with Crippen LogP contribution in [0.3, 0.4) is 0 Å². The first kappa shape index (κ1) is 9.00. The fraction of sp³-hybridized carbons (Fsp3) is 0.900. The molecular weight excluding hydrogens is 166 g/mol.